The monoisotopic (exact) mass is 174 g/mol. The van der Waals surface area contributed by atoms with Crippen LogP contribution in [0.25, 0.3) is 0 Å². The molecule has 0 aromatic rings. The molecular weight excluding hydrogens is 160 g/mol. The summed E-state index contributed by atoms with van der Waals surface area (Å²) in [4.78, 5) is 10.8. The SMILES string of the molecule is C=C(C)C(=O)OCC(OC)OC. The molecule has 0 unspecified atom stereocenters. The second-order valence-corrected chi connectivity index (χ2v) is 2.28. The number of methoxy groups -OCH3 is 2. The zero-order valence-electron chi connectivity index (χ0n) is 7.62. The standard InChI is InChI=1S/C8H14O4/c1-6(2)8(9)12-5-7(10-3)11-4/h7H,1,5H2,2-4H3. The summed E-state index contributed by atoms with van der Waals surface area (Å²) in [6.07, 6.45) is -0.506. The van der Waals surface area contributed by atoms with Gasteiger partial charge in [0.05, 0.1) is 0 Å². The Kier molecular flexibility index (Phi) is 5.32. The first-order valence-electron chi connectivity index (χ1n) is 3.50. The zero-order chi connectivity index (χ0) is 9.56. The molecule has 0 atom stereocenters. The number of ether oxygens (including phenoxy) is 3. The molecule has 4 nitrogen and oxygen atoms in total. The zero-order valence-corrected chi connectivity index (χ0v) is 7.62. The number of rotatable bonds is 5. The third kappa shape index (κ3) is 4.10. The van der Waals surface area contributed by atoms with Gasteiger partial charge in [0.15, 0.2) is 6.29 Å². The quantitative estimate of drug-likeness (QED) is 0.350. The van der Waals surface area contributed by atoms with Crippen molar-refractivity contribution in [3.8, 4) is 0 Å². The molecule has 0 aliphatic heterocycles. The van der Waals surface area contributed by atoms with Crippen LogP contribution >= 0.6 is 0 Å². The van der Waals surface area contributed by atoms with Gasteiger partial charge in [0.1, 0.15) is 6.61 Å². The van der Waals surface area contributed by atoms with Crippen LogP contribution in [0, 0.1) is 0 Å². The van der Waals surface area contributed by atoms with Crippen LogP contribution in [-0.2, 0) is 19.0 Å². The van der Waals surface area contributed by atoms with Gasteiger partial charge >= 0.3 is 5.97 Å². The average Bonchev–Trinajstić information content (AvgIpc) is 2.05. The molecule has 4 heteroatoms. The van der Waals surface area contributed by atoms with Gasteiger partial charge in [0.2, 0.25) is 0 Å². The van der Waals surface area contributed by atoms with Crippen molar-refractivity contribution < 1.29 is 19.0 Å². The van der Waals surface area contributed by atoms with Crippen LogP contribution in [-0.4, -0.2) is 33.1 Å². The Morgan fingerprint density at radius 1 is 1.42 bits per heavy atom. The van der Waals surface area contributed by atoms with Crippen molar-refractivity contribution >= 4 is 5.97 Å². The summed E-state index contributed by atoms with van der Waals surface area (Å²) in [5.74, 6) is -0.436. The van der Waals surface area contributed by atoms with E-state index < -0.39 is 12.3 Å². The molecule has 0 spiro atoms. The molecule has 0 aliphatic carbocycles. The van der Waals surface area contributed by atoms with Crippen LogP contribution in [0.5, 0.6) is 0 Å². The Morgan fingerprint density at radius 2 is 1.92 bits per heavy atom. The molecule has 0 amide bonds. The van der Waals surface area contributed by atoms with E-state index in [9.17, 15) is 4.79 Å². The van der Waals surface area contributed by atoms with Crippen molar-refractivity contribution in [2.45, 2.75) is 13.2 Å². The van der Waals surface area contributed by atoms with Crippen molar-refractivity contribution in [1.82, 2.24) is 0 Å². The van der Waals surface area contributed by atoms with Crippen molar-refractivity contribution in [1.29, 1.82) is 0 Å². The summed E-state index contributed by atoms with van der Waals surface area (Å²) in [5, 5.41) is 0. The summed E-state index contributed by atoms with van der Waals surface area (Å²) in [5.41, 5.74) is 0.362. The summed E-state index contributed by atoms with van der Waals surface area (Å²) >= 11 is 0. The minimum atomic E-state index is -0.506. The fourth-order valence-electron chi connectivity index (χ4n) is 0.499. The lowest BCUT2D eigenvalue weighted by Crippen LogP contribution is -2.22. The highest BCUT2D eigenvalue weighted by molar-refractivity contribution is 5.86. The van der Waals surface area contributed by atoms with E-state index in [0.29, 0.717) is 5.57 Å². The molecule has 0 saturated heterocycles. The van der Waals surface area contributed by atoms with E-state index in [1.54, 1.807) is 6.92 Å². The van der Waals surface area contributed by atoms with Gasteiger partial charge in [-0.2, -0.15) is 0 Å². The van der Waals surface area contributed by atoms with E-state index >= 15 is 0 Å². The Morgan fingerprint density at radius 3 is 2.25 bits per heavy atom. The number of hydrogen-bond acceptors (Lipinski definition) is 4. The van der Waals surface area contributed by atoms with Crippen LogP contribution in [0.15, 0.2) is 12.2 Å². The highest BCUT2D eigenvalue weighted by atomic mass is 16.7. The van der Waals surface area contributed by atoms with Crippen molar-refractivity contribution in [2.75, 3.05) is 20.8 Å². The second kappa shape index (κ2) is 5.74. The van der Waals surface area contributed by atoms with Crippen LogP contribution in [0.2, 0.25) is 0 Å². The van der Waals surface area contributed by atoms with Gasteiger partial charge in [-0.25, -0.2) is 4.79 Å². The maximum atomic E-state index is 10.8. The van der Waals surface area contributed by atoms with Crippen molar-refractivity contribution in [3.05, 3.63) is 12.2 Å². The Bertz CT molecular complexity index is 160. The lowest BCUT2D eigenvalue weighted by Gasteiger charge is -2.12. The normalized spacial score (nSPS) is 10.0. The topological polar surface area (TPSA) is 44.8 Å². The van der Waals surface area contributed by atoms with E-state index in [1.807, 2.05) is 0 Å². The smallest absolute Gasteiger partial charge is 0.333 e. The number of carbonyl (C=O) groups is 1. The molecule has 0 bridgehead atoms. The predicted octanol–water partition coefficient (Wildman–Crippen LogP) is 0.725. The summed E-state index contributed by atoms with van der Waals surface area (Å²) in [7, 11) is 2.95. The Labute approximate surface area is 72.1 Å². The molecule has 12 heavy (non-hydrogen) atoms. The van der Waals surface area contributed by atoms with E-state index in [2.05, 4.69) is 6.58 Å². The first-order chi connectivity index (χ1) is 5.61. The molecule has 0 aromatic carbocycles. The summed E-state index contributed by atoms with van der Waals surface area (Å²) in [6.45, 7) is 5.09. The van der Waals surface area contributed by atoms with Crippen LogP contribution in [0.4, 0.5) is 0 Å². The molecule has 0 saturated carbocycles. The lowest BCUT2D eigenvalue weighted by molar-refractivity contribution is -0.163. The Hall–Kier alpha value is -0.870. The van der Waals surface area contributed by atoms with Gasteiger partial charge in [-0.1, -0.05) is 6.58 Å². The van der Waals surface area contributed by atoms with Crippen LogP contribution in [0.1, 0.15) is 6.92 Å². The molecule has 0 aliphatic rings. The summed E-state index contributed by atoms with van der Waals surface area (Å²) in [6, 6.07) is 0. The average molecular weight is 174 g/mol. The minimum Gasteiger partial charge on any atom is -0.457 e. The minimum absolute atomic E-state index is 0.0820. The third-order valence-corrected chi connectivity index (χ3v) is 1.22. The highest BCUT2D eigenvalue weighted by Crippen LogP contribution is 1.96. The van der Waals surface area contributed by atoms with Gasteiger partial charge in [0.25, 0.3) is 0 Å². The summed E-state index contributed by atoms with van der Waals surface area (Å²) < 4.78 is 14.4. The fraction of sp³-hybridized carbons (Fsp3) is 0.625. The van der Waals surface area contributed by atoms with E-state index in [0.717, 1.165) is 0 Å². The maximum absolute atomic E-state index is 10.8. The molecule has 0 N–H and O–H groups in total. The van der Waals surface area contributed by atoms with Gasteiger partial charge in [-0.15, -0.1) is 0 Å². The first-order valence-corrected chi connectivity index (χ1v) is 3.50. The van der Waals surface area contributed by atoms with Crippen molar-refractivity contribution in [2.24, 2.45) is 0 Å². The molecule has 0 radical (unpaired) electrons. The number of carbonyl (C=O) groups excluding carboxylic acids is 1. The first kappa shape index (κ1) is 11.1. The predicted molar refractivity (Wildman–Crippen MR) is 43.6 cm³/mol. The lowest BCUT2D eigenvalue weighted by atomic mass is 10.4. The van der Waals surface area contributed by atoms with Crippen LogP contribution in [0.3, 0.4) is 0 Å². The Balaban J connectivity index is 3.66. The van der Waals surface area contributed by atoms with E-state index in [1.165, 1.54) is 14.2 Å². The van der Waals surface area contributed by atoms with Gasteiger partial charge in [-0.05, 0) is 6.92 Å². The van der Waals surface area contributed by atoms with Gasteiger partial charge < -0.3 is 14.2 Å². The van der Waals surface area contributed by atoms with Gasteiger partial charge in [0, 0.05) is 19.8 Å². The molecule has 0 aromatic heterocycles. The van der Waals surface area contributed by atoms with Gasteiger partial charge in [-0.3, -0.25) is 0 Å². The highest BCUT2D eigenvalue weighted by Gasteiger charge is 2.09. The molecule has 0 fully saturated rings. The van der Waals surface area contributed by atoms with E-state index in [-0.39, 0.29) is 6.61 Å². The molecular formula is C8H14O4. The van der Waals surface area contributed by atoms with Crippen LogP contribution < -0.4 is 0 Å². The number of esters is 1. The largest absolute Gasteiger partial charge is 0.457 e. The molecule has 0 rings (SSSR count). The fourth-order valence-corrected chi connectivity index (χ4v) is 0.499. The maximum Gasteiger partial charge on any atom is 0.333 e. The second-order valence-electron chi connectivity index (χ2n) is 2.28. The molecule has 70 valence electrons. The van der Waals surface area contributed by atoms with Crippen molar-refractivity contribution in [3.63, 3.8) is 0 Å². The van der Waals surface area contributed by atoms with E-state index in [4.69, 9.17) is 14.2 Å². The number of hydrogen-bond donors (Lipinski definition) is 0. The third-order valence-electron chi connectivity index (χ3n) is 1.22. The molecule has 0 heterocycles.